The largest absolute Gasteiger partial charge is 0.384 e. The molecule has 0 spiro atoms. The van der Waals surface area contributed by atoms with Crippen molar-refractivity contribution < 1.29 is 9.13 Å². The van der Waals surface area contributed by atoms with Gasteiger partial charge in [0, 0.05) is 38.1 Å². The second-order valence-electron chi connectivity index (χ2n) is 4.96. The molecule has 2 rings (SSSR count). The minimum Gasteiger partial charge on any atom is -0.384 e. The SMILES string of the molecule is COCC1CCN(c2ccc(F)cc2C(=N)N)CC1. The molecule has 1 aromatic rings. The van der Waals surface area contributed by atoms with Crippen molar-refractivity contribution in [1.29, 1.82) is 5.41 Å². The Morgan fingerprint density at radius 3 is 2.74 bits per heavy atom. The molecule has 0 radical (unpaired) electrons. The van der Waals surface area contributed by atoms with Crippen molar-refractivity contribution in [1.82, 2.24) is 0 Å². The van der Waals surface area contributed by atoms with Gasteiger partial charge in [0.2, 0.25) is 0 Å². The van der Waals surface area contributed by atoms with Crippen LogP contribution in [0.5, 0.6) is 0 Å². The third kappa shape index (κ3) is 3.23. The zero-order valence-corrected chi connectivity index (χ0v) is 11.2. The van der Waals surface area contributed by atoms with E-state index < -0.39 is 0 Å². The Kier molecular flexibility index (Phi) is 4.37. The van der Waals surface area contributed by atoms with E-state index in [1.54, 1.807) is 13.2 Å². The highest BCUT2D eigenvalue weighted by atomic mass is 19.1. The maximum atomic E-state index is 13.2. The normalized spacial score (nSPS) is 16.6. The second kappa shape index (κ2) is 6.02. The average Bonchev–Trinajstić information content (AvgIpc) is 2.40. The number of hydrogen-bond acceptors (Lipinski definition) is 3. The first-order chi connectivity index (χ1) is 9.11. The van der Waals surface area contributed by atoms with Crippen LogP contribution >= 0.6 is 0 Å². The monoisotopic (exact) mass is 265 g/mol. The molecule has 1 aliphatic rings. The van der Waals surface area contributed by atoms with E-state index >= 15 is 0 Å². The highest BCUT2D eigenvalue weighted by Crippen LogP contribution is 2.27. The number of piperidine rings is 1. The van der Waals surface area contributed by atoms with Crippen molar-refractivity contribution in [3.05, 3.63) is 29.6 Å². The maximum Gasteiger partial charge on any atom is 0.125 e. The lowest BCUT2D eigenvalue weighted by Gasteiger charge is -2.34. The van der Waals surface area contributed by atoms with Crippen molar-refractivity contribution in [3.8, 4) is 0 Å². The first-order valence-corrected chi connectivity index (χ1v) is 6.49. The van der Waals surface area contributed by atoms with E-state index in [1.807, 2.05) is 0 Å². The molecule has 0 atom stereocenters. The van der Waals surface area contributed by atoms with Gasteiger partial charge in [-0.15, -0.1) is 0 Å². The molecule has 1 aromatic carbocycles. The van der Waals surface area contributed by atoms with Crippen molar-refractivity contribution in [2.24, 2.45) is 11.7 Å². The van der Waals surface area contributed by atoms with Crippen molar-refractivity contribution in [2.75, 3.05) is 31.7 Å². The Bertz CT molecular complexity index is 456. The Morgan fingerprint density at radius 2 is 2.16 bits per heavy atom. The molecule has 0 unspecified atom stereocenters. The van der Waals surface area contributed by atoms with Crippen LogP contribution in [-0.4, -0.2) is 32.6 Å². The molecule has 1 fully saturated rings. The Labute approximate surface area is 112 Å². The van der Waals surface area contributed by atoms with Crippen LogP contribution in [0, 0.1) is 17.1 Å². The predicted molar refractivity (Wildman–Crippen MR) is 74.2 cm³/mol. The van der Waals surface area contributed by atoms with Gasteiger partial charge < -0.3 is 15.4 Å². The first kappa shape index (κ1) is 13.8. The number of ether oxygens (including phenoxy) is 1. The molecule has 3 N–H and O–H groups in total. The molecule has 0 saturated carbocycles. The van der Waals surface area contributed by atoms with Crippen LogP contribution < -0.4 is 10.6 Å². The number of nitrogens with zero attached hydrogens (tertiary/aromatic N) is 1. The number of benzene rings is 1. The molecular weight excluding hydrogens is 245 g/mol. The minimum atomic E-state index is -0.358. The maximum absolute atomic E-state index is 13.2. The summed E-state index contributed by atoms with van der Waals surface area (Å²) in [6.45, 7) is 2.57. The average molecular weight is 265 g/mol. The van der Waals surface area contributed by atoms with Gasteiger partial charge in [-0.2, -0.15) is 0 Å². The molecule has 5 heteroatoms. The van der Waals surface area contributed by atoms with Gasteiger partial charge >= 0.3 is 0 Å². The topological polar surface area (TPSA) is 62.3 Å². The lowest BCUT2D eigenvalue weighted by atomic mass is 9.96. The number of halogens is 1. The third-order valence-corrected chi connectivity index (χ3v) is 3.61. The van der Waals surface area contributed by atoms with Crippen LogP contribution in [0.3, 0.4) is 0 Å². The molecule has 0 bridgehead atoms. The number of methoxy groups -OCH3 is 1. The summed E-state index contributed by atoms with van der Waals surface area (Å²) in [7, 11) is 1.72. The van der Waals surface area contributed by atoms with Gasteiger partial charge in [-0.1, -0.05) is 0 Å². The quantitative estimate of drug-likeness (QED) is 0.646. The fraction of sp³-hybridized carbons (Fsp3) is 0.500. The number of hydrogen-bond donors (Lipinski definition) is 2. The highest BCUT2D eigenvalue weighted by molar-refractivity contribution is 6.00. The number of rotatable bonds is 4. The van der Waals surface area contributed by atoms with Crippen LogP contribution in [-0.2, 0) is 4.74 Å². The smallest absolute Gasteiger partial charge is 0.125 e. The summed E-state index contributed by atoms with van der Waals surface area (Å²) in [5.41, 5.74) is 6.86. The number of anilines is 1. The predicted octanol–water partition coefficient (Wildman–Crippen LogP) is 1.97. The van der Waals surface area contributed by atoms with E-state index in [-0.39, 0.29) is 11.7 Å². The molecule has 0 aliphatic carbocycles. The summed E-state index contributed by atoms with van der Waals surface area (Å²) in [4.78, 5) is 2.17. The number of nitrogen functional groups attached to an aromatic ring is 1. The van der Waals surface area contributed by atoms with Crippen LogP contribution in [0.1, 0.15) is 18.4 Å². The molecule has 1 saturated heterocycles. The van der Waals surface area contributed by atoms with Gasteiger partial charge in [0.15, 0.2) is 0 Å². The summed E-state index contributed by atoms with van der Waals surface area (Å²) < 4.78 is 18.4. The van der Waals surface area contributed by atoms with E-state index in [0.717, 1.165) is 38.2 Å². The van der Waals surface area contributed by atoms with Crippen molar-refractivity contribution >= 4 is 11.5 Å². The lowest BCUT2D eigenvalue weighted by Crippen LogP contribution is -2.36. The molecule has 1 aliphatic heterocycles. The highest BCUT2D eigenvalue weighted by Gasteiger charge is 2.21. The van der Waals surface area contributed by atoms with Crippen LogP contribution in [0.15, 0.2) is 18.2 Å². The lowest BCUT2D eigenvalue weighted by molar-refractivity contribution is 0.139. The molecule has 4 nitrogen and oxygen atoms in total. The minimum absolute atomic E-state index is 0.0893. The zero-order valence-electron chi connectivity index (χ0n) is 11.2. The molecular formula is C14H20FN3O. The summed E-state index contributed by atoms with van der Waals surface area (Å²) in [6.07, 6.45) is 2.09. The van der Waals surface area contributed by atoms with E-state index in [1.165, 1.54) is 12.1 Å². The van der Waals surface area contributed by atoms with Crippen molar-refractivity contribution in [3.63, 3.8) is 0 Å². The summed E-state index contributed by atoms with van der Waals surface area (Å²) in [5, 5.41) is 7.56. The zero-order chi connectivity index (χ0) is 13.8. The fourth-order valence-corrected chi connectivity index (χ4v) is 2.58. The van der Waals surface area contributed by atoms with Crippen LogP contribution in [0.2, 0.25) is 0 Å². The summed E-state index contributed by atoms with van der Waals surface area (Å²) in [6, 6.07) is 4.46. The van der Waals surface area contributed by atoms with Gasteiger partial charge in [-0.25, -0.2) is 4.39 Å². The van der Waals surface area contributed by atoms with Gasteiger partial charge in [0.1, 0.15) is 11.7 Å². The van der Waals surface area contributed by atoms with Crippen molar-refractivity contribution in [2.45, 2.75) is 12.8 Å². The number of amidine groups is 1. The summed E-state index contributed by atoms with van der Waals surface area (Å²) >= 11 is 0. The fourth-order valence-electron chi connectivity index (χ4n) is 2.58. The number of nitrogens with two attached hydrogens (primary N) is 1. The van der Waals surface area contributed by atoms with Crippen LogP contribution in [0.4, 0.5) is 10.1 Å². The Hall–Kier alpha value is -1.62. The molecule has 104 valence electrons. The van der Waals surface area contributed by atoms with Crippen LogP contribution in [0.25, 0.3) is 0 Å². The Morgan fingerprint density at radius 1 is 1.47 bits per heavy atom. The van der Waals surface area contributed by atoms with E-state index in [9.17, 15) is 4.39 Å². The first-order valence-electron chi connectivity index (χ1n) is 6.49. The molecule has 1 heterocycles. The van der Waals surface area contributed by atoms with Gasteiger partial charge in [-0.3, -0.25) is 5.41 Å². The van der Waals surface area contributed by atoms with E-state index in [0.29, 0.717) is 11.5 Å². The van der Waals surface area contributed by atoms with Gasteiger partial charge in [0.05, 0.1) is 0 Å². The van der Waals surface area contributed by atoms with Gasteiger partial charge in [0.25, 0.3) is 0 Å². The van der Waals surface area contributed by atoms with Gasteiger partial charge in [-0.05, 0) is 37.0 Å². The Balaban J connectivity index is 2.13. The summed E-state index contributed by atoms with van der Waals surface area (Å²) in [5.74, 6) is 0.138. The molecule has 19 heavy (non-hydrogen) atoms. The van der Waals surface area contributed by atoms with E-state index in [2.05, 4.69) is 4.90 Å². The van der Waals surface area contributed by atoms with E-state index in [4.69, 9.17) is 15.9 Å². The third-order valence-electron chi connectivity index (χ3n) is 3.61. The second-order valence-corrected chi connectivity index (χ2v) is 4.96. The number of nitrogens with one attached hydrogen (secondary N) is 1. The molecule has 0 amide bonds. The standard InChI is InChI=1S/C14H20FN3O/c1-19-9-10-4-6-18(7-5-10)13-3-2-11(15)8-12(13)14(16)17/h2-3,8,10H,4-7,9H2,1H3,(H3,16,17). The molecule has 0 aromatic heterocycles.